The Bertz CT molecular complexity index is 1180. The monoisotopic (exact) mass is 520 g/mol. The van der Waals surface area contributed by atoms with E-state index in [1.54, 1.807) is 24.8 Å². The van der Waals surface area contributed by atoms with Gasteiger partial charge in [-0.25, -0.2) is 19.9 Å². The fraction of sp³-hybridized carbons (Fsp3) is 0.483. The number of ketones is 1. The van der Waals surface area contributed by atoms with Crippen LogP contribution in [-0.2, 0) is 16.4 Å². The molecule has 3 heterocycles. The number of hydrogen-bond donors (Lipinski definition) is 0. The Morgan fingerprint density at radius 1 is 0.861 bits per heavy atom. The van der Waals surface area contributed by atoms with Gasteiger partial charge < -0.3 is 0 Å². The molecule has 2 aromatic heterocycles. The van der Waals surface area contributed by atoms with Crippen molar-refractivity contribution >= 4 is 28.2 Å². The van der Waals surface area contributed by atoms with Crippen LogP contribution in [0.1, 0.15) is 84.1 Å². The van der Waals surface area contributed by atoms with E-state index in [-0.39, 0.29) is 15.7 Å². The van der Waals surface area contributed by atoms with E-state index in [0.717, 1.165) is 12.0 Å². The zero-order valence-electron chi connectivity index (χ0n) is 22.5. The van der Waals surface area contributed by atoms with Gasteiger partial charge in [0.15, 0.2) is 0 Å². The molecule has 0 spiro atoms. The lowest BCUT2D eigenvalue weighted by Crippen LogP contribution is -2.45. The van der Waals surface area contributed by atoms with Gasteiger partial charge in [-0.15, -0.1) is 9.24 Å². The van der Waals surface area contributed by atoms with Gasteiger partial charge in [0.05, 0.1) is 0 Å². The molecule has 5 nitrogen and oxygen atoms in total. The van der Waals surface area contributed by atoms with E-state index in [1.165, 1.54) is 10.9 Å². The molecule has 7 heteroatoms. The van der Waals surface area contributed by atoms with Gasteiger partial charge in [-0.3, -0.25) is 4.79 Å². The number of Topliss-reactive ketones (excluding diaryl/α,β-unsaturated/α-hetero) is 1. The minimum Gasteiger partial charge on any atom is -0.300 e. The van der Waals surface area contributed by atoms with E-state index in [4.69, 9.17) is 19.9 Å². The van der Waals surface area contributed by atoms with Crippen molar-refractivity contribution in [2.24, 2.45) is 5.41 Å². The van der Waals surface area contributed by atoms with E-state index < -0.39 is 13.1 Å². The minimum absolute atomic E-state index is 0.135. The summed E-state index contributed by atoms with van der Waals surface area (Å²) in [5, 5.41) is 0.159. The van der Waals surface area contributed by atoms with Gasteiger partial charge >= 0.3 is 0 Å². The van der Waals surface area contributed by atoms with Crippen LogP contribution in [0.25, 0.3) is 0 Å². The highest BCUT2D eigenvalue weighted by molar-refractivity contribution is 7.69. The van der Waals surface area contributed by atoms with Gasteiger partial charge in [0.1, 0.15) is 22.6 Å². The van der Waals surface area contributed by atoms with Crippen LogP contribution in [0, 0.1) is 5.41 Å². The van der Waals surface area contributed by atoms with Crippen LogP contribution in [0.3, 0.4) is 0 Å². The zero-order chi connectivity index (χ0) is 26.4. The molecule has 0 amide bonds. The lowest BCUT2D eigenvalue weighted by Gasteiger charge is -2.50. The third-order valence-electron chi connectivity index (χ3n) is 6.77. The normalized spacial score (nSPS) is 18.3. The molecule has 36 heavy (non-hydrogen) atoms. The highest BCUT2D eigenvalue weighted by Crippen LogP contribution is 2.65. The second-order valence-electron chi connectivity index (χ2n) is 12.4. The summed E-state index contributed by atoms with van der Waals surface area (Å²) in [5.41, 5.74) is 2.52. The number of hydrogen-bond acceptors (Lipinski definition) is 5. The Morgan fingerprint density at radius 3 is 1.78 bits per heavy atom. The largest absolute Gasteiger partial charge is 0.300 e. The lowest BCUT2D eigenvalue weighted by molar-refractivity contribution is -0.120. The second-order valence-corrected chi connectivity index (χ2v) is 16.8. The van der Waals surface area contributed by atoms with E-state index in [2.05, 4.69) is 75.9 Å². The molecular weight excluding hydrogens is 482 g/mol. The molecule has 0 radical (unpaired) electrons. The molecule has 3 aromatic rings. The topological polar surface area (TPSA) is 68.6 Å². The molecule has 0 bridgehead atoms. The second kappa shape index (κ2) is 9.66. The third kappa shape index (κ3) is 5.29. The van der Waals surface area contributed by atoms with Crippen molar-refractivity contribution in [3.8, 4) is 0 Å². The van der Waals surface area contributed by atoms with Gasteiger partial charge in [-0.05, 0) is 50.7 Å². The number of carbonyl (C=O) groups excluding carboxylic acids is 1. The molecule has 1 unspecified atom stereocenters. The maximum atomic E-state index is 12.8. The van der Waals surface area contributed by atoms with Gasteiger partial charge in [0, 0.05) is 37.6 Å². The first-order valence-electron chi connectivity index (χ1n) is 12.5. The summed E-state index contributed by atoms with van der Waals surface area (Å²) in [5.74, 6) is 1.65. The maximum absolute atomic E-state index is 12.8. The first-order valence-corrected chi connectivity index (χ1v) is 14.5. The number of benzene rings is 1. The Kier molecular flexibility index (Phi) is 7.23. The minimum atomic E-state index is -0.832. The highest BCUT2D eigenvalue weighted by atomic mass is 31.1. The van der Waals surface area contributed by atoms with Crippen molar-refractivity contribution < 1.29 is 4.79 Å². The molecule has 1 atom stereocenters. The van der Waals surface area contributed by atoms with Crippen LogP contribution in [-0.4, -0.2) is 36.0 Å². The van der Waals surface area contributed by atoms with E-state index in [9.17, 15) is 4.79 Å². The van der Waals surface area contributed by atoms with Gasteiger partial charge in [0.25, 0.3) is 0 Å². The quantitative estimate of drug-likeness (QED) is 0.383. The molecule has 190 valence electrons. The summed E-state index contributed by atoms with van der Waals surface area (Å²) >= 11 is 0. The van der Waals surface area contributed by atoms with Crippen molar-refractivity contribution in [2.75, 3.05) is 0 Å². The Morgan fingerprint density at radius 2 is 1.33 bits per heavy atom. The molecular formula is C29H38N4OP2. The average molecular weight is 521 g/mol. The third-order valence-corrected chi connectivity index (χ3v) is 11.2. The predicted molar refractivity (Wildman–Crippen MR) is 152 cm³/mol. The van der Waals surface area contributed by atoms with Crippen LogP contribution in [0.5, 0.6) is 0 Å². The summed E-state index contributed by atoms with van der Waals surface area (Å²) < 4.78 is 0. The molecule has 0 saturated carbocycles. The van der Waals surface area contributed by atoms with Crippen molar-refractivity contribution in [1.29, 1.82) is 0 Å². The first kappa shape index (κ1) is 27.0. The van der Waals surface area contributed by atoms with Crippen LogP contribution in [0.2, 0.25) is 0 Å². The molecule has 4 rings (SSSR count). The fourth-order valence-corrected chi connectivity index (χ4v) is 10.8. The summed E-state index contributed by atoms with van der Waals surface area (Å²) in [4.78, 5) is 31.7. The average Bonchev–Trinajstić information content (AvgIpc) is 2.77. The van der Waals surface area contributed by atoms with Gasteiger partial charge in [-0.2, -0.15) is 0 Å². The van der Waals surface area contributed by atoms with Crippen molar-refractivity contribution in [1.82, 2.24) is 19.9 Å². The van der Waals surface area contributed by atoms with E-state index in [1.807, 2.05) is 12.1 Å². The predicted octanol–water partition coefficient (Wildman–Crippen LogP) is 6.05. The van der Waals surface area contributed by atoms with Gasteiger partial charge in [0.2, 0.25) is 0 Å². The molecule has 1 aliphatic rings. The summed E-state index contributed by atoms with van der Waals surface area (Å²) in [6.07, 6.45) is 9.25. The Balaban J connectivity index is 2.05. The number of nitrogens with zero attached hydrogens (tertiary/aromatic N) is 4. The summed E-state index contributed by atoms with van der Waals surface area (Å²) in [6.45, 7) is 15.8. The smallest absolute Gasteiger partial charge is 0.150 e. The SMILES string of the molecule is CC(C)(C)Cc1ccc(P2C(C)(C)CC(=O)CC2(C)C)c(C(P)(c2ncccn2)c2ncccn2)c1. The first-order chi connectivity index (χ1) is 16.7. The van der Waals surface area contributed by atoms with Crippen molar-refractivity contribution in [2.45, 2.75) is 83.2 Å². The van der Waals surface area contributed by atoms with Crippen LogP contribution < -0.4 is 5.30 Å². The van der Waals surface area contributed by atoms with E-state index >= 15 is 0 Å². The molecule has 1 fully saturated rings. The maximum Gasteiger partial charge on any atom is 0.150 e. The number of rotatable bonds is 5. The summed E-state index contributed by atoms with van der Waals surface area (Å²) in [7, 11) is 2.29. The van der Waals surface area contributed by atoms with Crippen LogP contribution >= 0.6 is 17.2 Å². The number of carbonyl (C=O) groups is 1. The Hall–Kier alpha value is -2.09. The van der Waals surface area contributed by atoms with Gasteiger partial charge in [-0.1, -0.05) is 74.6 Å². The highest BCUT2D eigenvalue weighted by Gasteiger charge is 2.50. The standard InChI is InChI=1S/C29H38N4OP2/c1-26(2,3)17-20-10-11-23(36-27(4,5)18-21(34)19-28(36,6)7)22(16-20)29(35,24-30-12-8-13-31-24)25-32-14-9-15-33-25/h8-16H,17-19,35H2,1-7H3. The summed E-state index contributed by atoms with van der Waals surface area (Å²) in [6, 6.07) is 10.6. The Labute approximate surface area is 219 Å². The molecule has 1 aliphatic heterocycles. The molecule has 0 aliphatic carbocycles. The van der Waals surface area contributed by atoms with Crippen LogP contribution in [0.4, 0.5) is 0 Å². The van der Waals surface area contributed by atoms with E-state index in [0.29, 0.717) is 30.3 Å². The van der Waals surface area contributed by atoms with Crippen molar-refractivity contribution in [3.05, 3.63) is 77.9 Å². The molecule has 0 N–H and O–H groups in total. The zero-order valence-corrected chi connectivity index (χ0v) is 24.6. The molecule has 1 saturated heterocycles. The fourth-order valence-electron chi connectivity index (χ4n) is 5.82. The van der Waals surface area contributed by atoms with Crippen molar-refractivity contribution in [3.63, 3.8) is 0 Å². The molecule has 1 aromatic carbocycles. The number of aromatic nitrogens is 4. The lowest BCUT2D eigenvalue weighted by atomic mass is 9.86. The van der Waals surface area contributed by atoms with Crippen LogP contribution in [0.15, 0.2) is 55.1 Å².